The lowest BCUT2D eigenvalue weighted by Crippen LogP contribution is -2.12. The van der Waals surface area contributed by atoms with Crippen molar-refractivity contribution in [1.29, 1.82) is 0 Å². The molecule has 0 heterocycles. The Bertz CT molecular complexity index is 301. The average Bonchev–Trinajstić information content (AvgIpc) is 2.17. The quantitative estimate of drug-likeness (QED) is 0.724. The van der Waals surface area contributed by atoms with E-state index in [-0.39, 0.29) is 11.7 Å². The first-order valence-corrected chi connectivity index (χ1v) is 4.66. The van der Waals surface area contributed by atoms with E-state index in [4.69, 9.17) is 5.73 Å². The highest BCUT2D eigenvalue weighted by atomic mass is 19.1. The maximum absolute atomic E-state index is 12.8. The van der Waals surface area contributed by atoms with Gasteiger partial charge in [0.25, 0.3) is 0 Å². The second-order valence-electron chi connectivity index (χ2n) is 3.31. The zero-order valence-corrected chi connectivity index (χ0v) is 7.95. The first-order chi connectivity index (χ1) is 6.76. The Morgan fingerprint density at radius 2 is 2.29 bits per heavy atom. The van der Waals surface area contributed by atoms with E-state index in [1.807, 2.05) is 6.07 Å². The largest absolute Gasteiger partial charge is 0.330 e. The molecule has 0 aromatic heterocycles. The number of benzene rings is 1. The fraction of sp³-hybridized carbons (Fsp3) is 0.364. The van der Waals surface area contributed by atoms with Crippen LogP contribution in [0.1, 0.15) is 12.0 Å². The van der Waals surface area contributed by atoms with E-state index in [1.54, 1.807) is 6.07 Å². The predicted octanol–water partition coefficient (Wildman–Crippen LogP) is 1.53. The first-order valence-electron chi connectivity index (χ1n) is 4.66. The molecule has 76 valence electrons. The van der Waals surface area contributed by atoms with Crippen LogP contribution in [0, 0.1) is 11.7 Å². The number of nitrogens with two attached hydrogens (primary N) is 1. The Labute approximate surface area is 82.9 Å². The van der Waals surface area contributed by atoms with Gasteiger partial charge in [0.1, 0.15) is 12.1 Å². The molecule has 1 atom stereocenters. The summed E-state index contributed by atoms with van der Waals surface area (Å²) in [6, 6.07) is 6.31. The van der Waals surface area contributed by atoms with Gasteiger partial charge in [-0.25, -0.2) is 4.39 Å². The molecule has 0 radical (unpaired) electrons. The van der Waals surface area contributed by atoms with Crippen LogP contribution in [0.2, 0.25) is 0 Å². The van der Waals surface area contributed by atoms with Gasteiger partial charge in [0, 0.05) is 5.92 Å². The Morgan fingerprint density at radius 1 is 1.50 bits per heavy atom. The Balaban J connectivity index is 2.62. The van der Waals surface area contributed by atoms with Gasteiger partial charge in [-0.3, -0.25) is 0 Å². The van der Waals surface area contributed by atoms with E-state index < -0.39 is 0 Å². The van der Waals surface area contributed by atoms with Gasteiger partial charge < -0.3 is 10.5 Å². The number of carbonyl (C=O) groups excluding carboxylic acids is 1. The highest BCUT2D eigenvalue weighted by molar-refractivity contribution is 5.54. The van der Waals surface area contributed by atoms with Crippen LogP contribution in [0.4, 0.5) is 4.39 Å². The van der Waals surface area contributed by atoms with Crippen LogP contribution >= 0.6 is 0 Å². The number of carbonyl (C=O) groups is 1. The van der Waals surface area contributed by atoms with Crippen molar-refractivity contribution in [2.75, 3.05) is 6.54 Å². The van der Waals surface area contributed by atoms with Crippen molar-refractivity contribution in [1.82, 2.24) is 0 Å². The number of rotatable bonds is 5. The summed E-state index contributed by atoms with van der Waals surface area (Å²) in [5.41, 5.74) is 6.20. The van der Waals surface area contributed by atoms with Gasteiger partial charge in [0.2, 0.25) is 0 Å². The summed E-state index contributed by atoms with van der Waals surface area (Å²) in [7, 11) is 0. The molecule has 0 fully saturated rings. The van der Waals surface area contributed by atoms with Crippen LogP contribution in [0.5, 0.6) is 0 Å². The van der Waals surface area contributed by atoms with Crippen LogP contribution in [0.15, 0.2) is 24.3 Å². The normalized spacial score (nSPS) is 12.4. The lowest BCUT2D eigenvalue weighted by Gasteiger charge is -2.08. The maximum Gasteiger partial charge on any atom is 0.123 e. The summed E-state index contributed by atoms with van der Waals surface area (Å²) in [5, 5.41) is 0. The van der Waals surface area contributed by atoms with E-state index in [0.29, 0.717) is 19.4 Å². The third-order valence-electron chi connectivity index (χ3n) is 2.12. The number of aldehydes is 1. The Morgan fingerprint density at radius 3 is 2.86 bits per heavy atom. The average molecular weight is 195 g/mol. The lowest BCUT2D eigenvalue weighted by atomic mass is 9.98. The molecule has 14 heavy (non-hydrogen) atoms. The summed E-state index contributed by atoms with van der Waals surface area (Å²) >= 11 is 0. The maximum atomic E-state index is 12.8. The van der Waals surface area contributed by atoms with Crippen molar-refractivity contribution in [3.8, 4) is 0 Å². The molecule has 0 saturated heterocycles. The molecular weight excluding hydrogens is 181 g/mol. The van der Waals surface area contributed by atoms with E-state index in [9.17, 15) is 9.18 Å². The number of hydrogen-bond acceptors (Lipinski definition) is 2. The topological polar surface area (TPSA) is 43.1 Å². The highest BCUT2D eigenvalue weighted by Crippen LogP contribution is 2.11. The van der Waals surface area contributed by atoms with Gasteiger partial charge >= 0.3 is 0 Å². The van der Waals surface area contributed by atoms with E-state index in [0.717, 1.165) is 11.8 Å². The van der Waals surface area contributed by atoms with Crippen molar-refractivity contribution >= 4 is 6.29 Å². The van der Waals surface area contributed by atoms with Crippen molar-refractivity contribution in [2.45, 2.75) is 12.8 Å². The van der Waals surface area contributed by atoms with Gasteiger partial charge in [-0.2, -0.15) is 0 Å². The summed E-state index contributed by atoms with van der Waals surface area (Å²) < 4.78 is 12.8. The van der Waals surface area contributed by atoms with Gasteiger partial charge in [0.15, 0.2) is 0 Å². The van der Waals surface area contributed by atoms with Crippen LogP contribution in [0.3, 0.4) is 0 Å². The fourth-order valence-electron chi connectivity index (χ4n) is 1.40. The molecule has 2 N–H and O–H groups in total. The van der Waals surface area contributed by atoms with Crippen LogP contribution in [-0.4, -0.2) is 12.8 Å². The number of halogens is 1. The second kappa shape index (κ2) is 5.50. The molecule has 1 unspecified atom stereocenters. The summed E-state index contributed by atoms with van der Waals surface area (Å²) in [5.74, 6) is -0.360. The van der Waals surface area contributed by atoms with Crippen molar-refractivity contribution in [2.24, 2.45) is 11.7 Å². The minimum Gasteiger partial charge on any atom is -0.330 e. The van der Waals surface area contributed by atoms with E-state index >= 15 is 0 Å². The standard InChI is InChI=1S/C11H14FNO/c12-11-3-1-2-9(7-11)6-10(8-14)4-5-13/h1-3,7-8,10H,4-6,13H2. The molecule has 1 aromatic carbocycles. The predicted molar refractivity (Wildman–Crippen MR) is 53.3 cm³/mol. The van der Waals surface area contributed by atoms with Gasteiger partial charge in [-0.1, -0.05) is 12.1 Å². The van der Waals surface area contributed by atoms with Crippen molar-refractivity contribution in [3.05, 3.63) is 35.6 Å². The smallest absolute Gasteiger partial charge is 0.123 e. The molecule has 1 rings (SSSR count). The molecule has 0 aliphatic carbocycles. The number of hydrogen-bond donors (Lipinski definition) is 1. The van der Waals surface area contributed by atoms with Gasteiger partial charge in [0.05, 0.1) is 0 Å². The van der Waals surface area contributed by atoms with Crippen molar-refractivity contribution < 1.29 is 9.18 Å². The third-order valence-corrected chi connectivity index (χ3v) is 2.12. The SMILES string of the molecule is NCCC(C=O)Cc1cccc(F)c1. The van der Waals surface area contributed by atoms with Crippen LogP contribution in [-0.2, 0) is 11.2 Å². The van der Waals surface area contributed by atoms with Gasteiger partial charge in [-0.15, -0.1) is 0 Å². The Kier molecular flexibility index (Phi) is 4.26. The molecule has 0 aliphatic rings. The monoisotopic (exact) mass is 195 g/mol. The molecule has 2 nitrogen and oxygen atoms in total. The molecule has 0 aliphatic heterocycles. The van der Waals surface area contributed by atoms with Crippen LogP contribution in [0.25, 0.3) is 0 Å². The highest BCUT2D eigenvalue weighted by Gasteiger charge is 2.07. The lowest BCUT2D eigenvalue weighted by molar-refractivity contribution is -0.111. The molecule has 0 bridgehead atoms. The van der Waals surface area contributed by atoms with E-state index in [2.05, 4.69) is 0 Å². The summed E-state index contributed by atoms with van der Waals surface area (Å²) in [6.07, 6.45) is 2.11. The minimum atomic E-state index is -0.264. The van der Waals surface area contributed by atoms with Crippen molar-refractivity contribution in [3.63, 3.8) is 0 Å². The zero-order valence-electron chi connectivity index (χ0n) is 7.95. The first kappa shape index (κ1) is 10.9. The molecule has 0 amide bonds. The fourth-order valence-corrected chi connectivity index (χ4v) is 1.40. The Hall–Kier alpha value is -1.22. The second-order valence-corrected chi connectivity index (χ2v) is 3.31. The molecule has 1 aromatic rings. The summed E-state index contributed by atoms with van der Waals surface area (Å²) in [6.45, 7) is 0.485. The minimum absolute atomic E-state index is 0.0956. The molecule has 0 spiro atoms. The molecule has 0 saturated carbocycles. The molecular formula is C11H14FNO. The van der Waals surface area contributed by atoms with Gasteiger partial charge in [-0.05, 0) is 37.1 Å². The van der Waals surface area contributed by atoms with E-state index in [1.165, 1.54) is 12.1 Å². The zero-order chi connectivity index (χ0) is 10.4. The third kappa shape index (κ3) is 3.26. The molecule has 3 heteroatoms. The summed E-state index contributed by atoms with van der Waals surface area (Å²) in [4.78, 5) is 10.6. The van der Waals surface area contributed by atoms with Crippen LogP contribution < -0.4 is 5.73 Å².